The van der Waals surface area contributed by atoms with Crippen LogP contribution >= 0.6 is 0 Å². The van der Waals surface area contributed by atoms with E-state index in [1.807, 2.05) is 6.07 Å². The molecule has 0 saturated carbocycles. The van der Waals surface area contributed by atoms with Crippen LogP contribution in [-0.4, -0.2) is 44.4 Å². The average Bonchev–Trinajstić information content (AvgIpc) is 2.17. The lowest BCUT2D eigenvalue weighted by molar-refractivity contribution is -0.132. The SMILES string of the molecule is CCC(=O)N(CC#N)CC=O.COC. The zero-order valence-electron chi connectivity index (χ0n) is 8.82. The molecular formula is C9H16N2O3. The number of carbonyl (C=O) groups is 2. The van der Waals surface area contributed by atoms with E-state index in [1.165, 1.54) is 4.90 Å². The van der Waals surface area contributed by atoms with Crippen LogP contribution in [-0.2, 0) is 14.3 Å². The van der Waals surface area contributed by atoms with Crippen LogP contribution in [0.25, 0.3) is 0 Å². The molecule has 0 aromatic rings. The van der Waals surface area contributed by atoms with E-state index in [-0.39, 0.29) is 19.0 Å². The molecule has 0 aliphatic rings. The molecule has 0 bridgehead atoms. The van der Waals surface area contributed by atoms with E-state index in [4.69, 9.17) is 5.26 Å². The summed E-state index contributed by atoms with van der Waals surface area (Å²) in [5.74, 6) is -0.168. The van der Waals surface area contributed by atoms with Gasteiger partial charge in [0, 0.05) is 20.6 Å². The Morgan fingerprint density at radius 2 is 2.07 bits per heavy atom. The van der Waals surface area contributed by atoms with Crippen LogP contribution in [0.15, 0.2) is 0 Å². The van der Waals surface area contributed by atoms with Gasteiger partial charge in [-0.25, -0.2) is 0 Å². The Kier molecular flexibility index (Phi) is 12.5. The number of nitrogens with zero attached hydrogens (tertiary/aromatic N) is 2. The van der Waals surface area contributed by atoms with Crippen LogP contribution < -0.4 is 0 Å². The molecule has 0 radical (unpaired) electrons. The second-order valence-electron chi connectivity index (χ2n) is 2.36. The van der Waals surface area contributed by atoms with E-state index >= 15 is 0 Å². The van der Waals surface area contributed by atoms with E-state index in [0.29, 0.717) is 12.7 Å². The maximum atomic E-state index is 10.9. The van der Waals surface area contributed by atoms with Gasteiger partial charge in [-0.1, -0.05) is 6.92 Å². The number of hydrogen-bond acceptors (Lipinski definition) is 4. The largest absolute Gasteiger partial charge is 0.388 e. The van der Waals surface area contributed by atoms with Crippen LogP contribution in [0.1, 0.15) is 13.3 Å². The quantitative estimate of drug-likeness (QED) is 0.480. The summed E-state index contributed by atoms with van der Waals surface area (Å²) in [6, 6.07) is 1.81. The Hall–Kier alpha value is -1.41. The van der Waals surface area contributed by atoms with E-state index in [9.17, 15) is 9.59 Å². The summed E-state index contributed by atoms with van der Waals surface area (Å²) in [7, 11) is 3.25. The highest BCUT2D eigenvalue weighted by Gasteiger charge is 2.08. The second-order valence-corrected chi connectivity index (χ2v) is 2.36. The minimum absolute atomic E-state index is 0.00852. The van der Waals surface area contributed by atoms with Crippen molar-refractivity contribution in [1.29, 1.82) is 5.26 Å². The van der Waals surface area contributed by atoms with Crippen LogP contribution in [0.2, 0.25) is 0 Å². The molecule has 1 amide bonds. The molecular weight excluding hydrogens is 184 g/mol. The number of methoxy groups -OCH3 is 1. The van der Waals surface area contributed by atoms with Gasteiger partial charge in [-0.2, -0.15) is 5.26 Å². The number of carbonyl (C=O) groups excluding carboxylic acids is 2. The fourth-order valence-corrected chi connectivity index (χ4v) is 0.653. The Labute approximate surface area is 84.3 Å². The molecule has 0 unspecified atom stereocenters. The standard InChI is InChI=1S/C7H10N2O2.C2H6O/c1-2-7(11)9(4-3-8)5-6-10;1-3-2/h6H,2,4-5H2,1H3;1-2H3. The Morgan fingerprint density at radius 1 is 1.57 bits per heavy atom. The van der Waals surface area contributed by atoms with E-state index in [2.05, 4.69) is 4.74 Å². The first kappa shape index (κ1) is 15.1. The lowest BCUT2D eigenvalue weighted by Crippen LogP contribution is -2.32. The Morgan fingerprint density at radius 3 is 2.36 bits per heavy atom. The van der Waals surface area contributed by atoms with Gasteiger partial charge in [-0.05, 0) is 0 Å². The lowest BCUT2D eigenvalue weighted by atomic mass is 10.4. The smallest absolute Gasteiger partial charge is 0.223 e. The van der Waals surface area contributed by atoms with Crippen molar-refractivity contribution >= 4 is 12.2 Å². The van der Waals surface area contributed by atoms with Gasteiger partial charge in [0.05, 0.1) is 12.6 Å². The highest BCUT2D eigenvalue weighted by molar-refractivity contribution is 5.78. The summed E-state index contributed by atoms with van der Waals surface area (Å²) in [6.45, 7) is 1.70. The lowest BCUT2D eigenvalue weighted by Gasteiger charge is -2.14. The molecule has 0 N–H and O–H groups in total. The first-order valence-electron chi connectivity index (χ1n) is 4.16. The third-order valence-electron chi connectivity index (χ3n) is 1.21. The first-order valence-corrected chi connectivity index (χ1v) is 4.16. The van der Waals surface area contributed by atoms with Gasteiger partial charge in [0.2, 0.25) is 5.91 Å². The zero-order valence-corrected chi connectivity index (χ0v) is 8.82. The number of amides is 1. The maximum Gasteiger partial charge on any atom is 0.223 e. The average molecular weight is 200 g/mol. The van der Waals surface area contributed by atoms with Gasteiger partial charge in [0.15, 0.2) is 0 Å². The van der Waals surface area contributed by atoms with Crippen molar-refractivity contribution in [3.8, 4) is 6.07 Å². The number of aldehydes is 1. The molecule has 0 aliphatic heterocycles. The first-order chi connectivity index (χ1) is 6.67. The van der Waals surface area contributed by atoms with Gasteiger partial charge in [0.1, 0.15) is 12.8 Å². The fourth-order valence-electron chi connectivity index (χ4n) is 0.653. The van der Waals surface area contributed by atoms with Gasteiger partial charge in [0.25, 0.3) is 0 Å². The summed E-state index contributed by atoms with van der Waals surface area (Å²) in [5, 5.41) is 8.25. The molecule has 0 aromatic carbocycles. The Bertz CT molecular complexity index is 199. The molecule has 5 nitrogen and oxygen atoms in total. The normalized spacial score (nSPS) is 7.86. The van der Waals surface area contributed by atoms with E-state index in [0.717, 1.165) is 0 Å². The van der Waals surface area contributed by atoms with Crippen molar-refractivity contribution in [3.63, 3.8) is 0 Å². The molecule has 0 atom stereocenters. The van der Waals surface area contributed by atoms with Crippen LogP contribution in [0.5, 0.6) is 0 Å². The van der Waals surface area contributed by atoms with Gasteiger partial charge in [-0.15, -0.1) is 0 Å². The van der Waals surface area contributed by atoms with Gasteiger partial charge >= 0.3 is 0 Å². The molecule has 0 rings (SSSR count). The van der Waals surface area contributed by atoms with Crippen molar-refractivity contribution in [1.82, 2.24) is 4.90 Å². The fraction of sp³-hybridized carbons (Fsp3) is 0.667. The third-order valence-corrected chi connectivity index (χ3v) is 1.21. The highest BCUT2D eigenvalue weighted by atomic mass is 16.4. The summed E-state index contributed by atoms with van der Waals surface area (Å²) in [4.78, 5) is 22.1. The third kappa shape index (κ3) is 8.68. The summed E-state index contributed by atoms with van der Waals surface area (Å²) < 4.78 is 4.25. The molecule has 80 valence electrons. The number of ether oxygens (including phenoxy) is 1. The van der Waals surface area contributed by atoms with Crippen molar-refractivity contribution in [2.24, 2.45) is 0 Å². The molecule has 14 heavy (non-hydrogen) atoms. The minimum Gasteiger partial charge on any atom is -0.388 e. The predicted molar refractivity (Wildman–Crippen MR) is 51.5 cm³/mol. The summed E-state index contributed by atoms with van der Waals surface area (Å²) in [6.07, 6.45) is 0.945. The molecule has 0 aliphatic carbocycles. The van der Waals surface area contributed by atoms with Crippen molar-refractivity contribution in [2.45, 2.75) is 13.3 Å². The highest BCUT2D eigenvalue weighted by Crippen LogP contribution is 1.90. The van der Waals surface area contributed by atoms with Crippen LogP contribution in [0.3, 0.4) is 0 Å². The van der Waals surface area contributed by atoms with Crippen LogP contribution in [0.4, 0.5) is 0 Å². The van der Waals surface area contributed by atoms with E-state index in [1.54, 1.807) is 21.1 Å². The number of nitriles is 1. The van der Waals surface area contributed by atoms with Crippen molar-refractivity contribution in [3.05, 3.63) is 0 Å². The number of rotatable bonds is 4. The predicted octanol–water partition coefficient (Wildman–Crippen LogP) is 0.210. The maximum absolute atomic E-state index is 10.9. The zero-order chi connectivity index (χ0) is 11.4. The monoisotopic (exact) mass is 200 g/mol. The molecule has 0 heterocycles. The summed E-state index contributed by atoms with van der Waals surface area (Å²) in [5.41, 5.74) is 0. The molecule has 0 aromatic heterocycles. The van der Waals surface area contributed by atoms with Gasteiger partial charge in [-0.3, -0.25) is 4.79 Å². The minimum atomic E-state index is -0.168. The molecule has 0 saturated heterocycles. The van der Waals surface area contributed by atoms with Crippen molar-refractivity contribution < 1.29 is 14.3 Å². The van der Waals surface area contributed by atoms with Crippen molar-refractivity contribution in [2.75, 3.05) is 27.3 Å². The van der Waals surface area contributed by atoms with E-state index < -0.39 is 0 Å². The topological polar surface area (TPSA) is 70.4 Å². The van der Waals surface area contributed by atoms with Gasteiger partial charge < -0.3 is 14.4 Å². The molecule has 5 heteroatoms. The number of hydrogen-bond donors (Lipinski definition) is 0. The summed E-state index contributed by atoms with van der Waals surface area (Å²) >= 11 is 0. The molecule has 0 spiro atoms. The second kappa shape index (κ2) is 11.6. The molecule has 0 fully saturated rings. The van der Waals surface area contributed by atoms with Crippen LogP contribution in [0, 0.1) is 11.3 Å². The Balaban J connectivity index is 0.